The molecule has 0 nitrogen and oxygen atoms in total. The first-order valence-corrected chi connectivity index (χ1v) is 14.5. The molecule has 5 aromatic rings. The molecule has 2 aliphatic carbocycles. The van der Waals surface area contributed by atoms with E-state index < -0.39 is 0 Å². The lowest BCUT2D eigenvalue weighted by molar-refractivity contribution is 1.02. The van der Waals surface area contributed by atoms with Gasteiger partial charge in [0.1, 0.15) is 0 Å². The lowest BCUT2D eigenvalue weighted by atomic mass is 9.34. The SMILES string of the molecule is Cc1cc(C)c(B(c2ccc3c4c(ccc(Br)c24)CC3)c2ccc3c4c(ccc(Br)c24)CC3)c(C)c1. The number of halogens is 2. The third kappa shape index (κ3) is 3.25. The molecule has 2 aliphatic rings. The molecule has 5 aromatic carbocycles. The van der Waals surface area contributed by atoms with Crippen LogP contribution in [0.3, 0.4) is 0 Å². The van der Waals surface area contributed by atoms with Crippen molar-refractivity contribution in [3.8, 4) is 0 Å². The molecule has 176 valence electrons. The number of rotatable bonds is 3. The Balaban J connectivity index is 1.65. The summed E-state index contributed by atoms with van der Waals surface area (Å²) < 4.78 is 2.41. The Morgan fingerprint density at radius 2 is 0.917 bits per heavy atom. The largest absolute Gasteiger partial charge is 0.243 e. The quantitative estimate of drug-likeness (QED) is 0.195. The van der Waals surface area contributed by atoms with Gasteiger partial charge in [-0.3, -0.25) is 0 Å². The molecule has 0 radical (unpaired) electrons. The number of hydrogen-bond acceptors (Lipinski definition) is 0. The lowest BCUT2D eigenvalue weighted by Gasteiger charge is -2.25. The maximum absolute atomic E-state index is 3.99. The van der Waals surface area contributed by atoms with Gasteiger partial charge < -0.3 is 0 Å². The van der Waals surface area contributed by atoms with Crippen LogP contribution in [0.5, 0.6) is 0 Å². The van der Waals surface area contributed by atoms with Gasteiger partial charge in [0.2, 0.25) is 6.71 Å². The molecule has 0 atom stereocenters. The third-order valence-electron chi connectivity index (χ3n) is 8.61. The molecule has 0 fully saturated rings. The van der Waals surface area contributed by atoms with Gasteiger partial charge in [-0.15, -0.1) is 0 Å². The molecule has 0 N–H and O–H groups in total. The maximum atomic E-state index is 3.99. The van der Waals surface area contributed by atoms with Gasteiger partial charge in [-0.25, -0.2) is 0 Å². The van der Waals surface area contributed by atoms with E-state index in [1.54, 1.807) is 0 Å². The van der Waals surface area contributed by atoms with Crippen LogP contribution in [0.1, 0.15) is 38.9 Å². The summed E-state index contributed by atoms with van der Waals surface area (Å²) in [6.45, 7) is 6.95. The van der Waals surface area contributed by atoms with E-state index in [2.05, 4.69) is 113 Å². The van der Waals surface area contributed by atoms with Crippen LogP contribution in [0.25, 0.3) is 21.5 Å². The van der Waals surface area contributed by atoms with E-state index in [0.717, 1.165) is 25.7 Å². The Hall–Kier alpha value is -2.36. The highest BCUT2D eigenvalue weighted by Crippen LogP contribution is 2.37. The van der Waals surface area contributed by atoms with E-state index in [9.17, 15) is 0 Å². The van der Waals surface area contributed by atoms with Crippen LogP contribution in [0.2, 0.25) is 0 Å². The topological polar surface area (TPSA) is 0 Å². The molecule has 0 aromatic heterocycles. The van der Waals surface area contributed by atoms with Crippen LogP contribution in [0.15, 0.2) is 69.6 Å². The van der Waals surface area contributed by atoms with Gasteiger partial charge in [0.25, 0.3) is 0 Å². The first-order chi connectivity index (χ1) is 17.4. The minimum atomic E-state index is 0.146. The molecule has 0 heterocycles. The summed E-state index contributed by atoms with van der Waals surface area (Å²) in [6.07, 6.45) is 4.56. The second-order valence-corrected chi connectivity index (χ2v) is 12.5. The molecule has 7 rings (SSSR count). The summed E-state index contributed by atoms with van der Waals surface area (Å²) in [7, 11) is 0. The van der Waals surface area contributed by atoms with Crippen molar-refractivity contribution >= 4 is 76.5 Å². The molecule has 36 heavy (non-hydrogen) atoms. The van der Waals surface area contributed by atoms with Gasteiger partial charge in [-0.1, -0.05) is 113 Å². The summed E-state index contributed by atoms with van der Waals surface area (Å²) in [5.41, 5.74) is 14.3. The fourth-order valence-electron chi connectivity index (χ4n) is 7.23. The van der Waals surface area contributed by atoms with Crippen molar-refractivity contribution in [3.05, 3.63) is 109 Å². The molecular formula is C33H27BBr2. The standard InChI is InChI=1S/C33H27BBr2/c1-18-16-19(2)33(20(3)17-18)34(25-12-8-21-4-6-23-10-14-27(35)31(25)29(21)23)26-13-9-22-5-7-24-11-15-28(36)32(26)30(22)24/h8-17H,4-7H2,1-3H3. The van der Waals surface area contributed by atoms with E-state index >= 15 is 0 Å². The second-order valence-electron chi connectivity index (χ2n) is 10.8. The zero-order chi connectivity index (χ0) is 24.7. The first kappa shape index (κ1) is 22.8. The second kappa shape index (κ2) is 8.33. The fourth-order valence-corrected chi connectivity index (χ4v) is 8.35. The van der Waals surface area contributed by atoms with E-state index in [4.69, 9.17) is 0 Å². The van der Waals surface area contributed by atoms with Crippen LogP contribution in [-0.2, 0) is 25.7 Å². The molecule has 0 unspecified atom stereocenters. The minimum Gasteiger partial charge on any atom is -0.0660 e. The highest BCUT2D eigenvalue weighted by molar-refractivity contribution is 9.11. The van der Waals surface area contributed by atoms with Crippen molar-refractivity contribution in [1.82, 2.24) is 0 Å². The Kier molecular flexibility index (Phi) is 5.28. The van der Waals surface area contributed by atoms with E-state index in [-0.39, 0.29) is 6.71 Å². The van der Waals surface area contributed by atoms with Crippen LogP contribution in [-0.4, -0.2) is 6.71 Å². The van der Waals surface area contributed by atoms with E-state index in [1.807, 2.05) is 0 Å². The maximum Gasteiger partial charge on any atom is 0.243 e. The lowest BCUT2D eigenvalue weighted by Crippen LogP contribution is -2.54. The Morgan fingerprint density at radius 3 is 1.33 bits per heavy atom. The van der Waals surface area contributed by atoms with Gasteiger partial charge >= 0.3 is 0 Å². The van der Waals surface area contributed by atoms with E-state index in [0.29, 0.717) is 0 Å². The van der Waals surface area contributed by atoms with Gasteiger partial charge in [-0.05, 0) is 102 Å². The summed E-state index contributed by atoms with van der Waals surface area (Å²) in [6, 6.07) is 23.6. The van der Waals surface area contributed by atoms with Gasteiger partial charge in [0.05, 0.1) is 0 Å². The van der Waals surface area contributed by atoms with Gasteiger partial charge in [0.15, 0.2) is 0 Å². The summed E-state index contributed by atoms with van der Waals surface area (Å²) in [5.74, 6) is 0. The average molecular weight is 594 g/mol. The Labute approximate surface area is 230 Å². The molecule has 0 bridgehead atoms. The van der Waals surface area contributed by atoms with Crippen LogP contribution < -0.4 is 16.4 Å². The molecular weight excluding hydrogens is 567 g/mol. The predicted octanol–water partition coefficient (Wildman–Crippen LogP) is 7.16. The highest BCUT2D eigenvalue weighted by atomic mass is 79.9. The Bertz CT molecular complexity index is 1600. The normalized spacial score (nSPS) is 13.8. The fraction of sp³-hybridized carbons (Fsp3) is 0.212. The summed E-state index contributed by atoms with van der Waals surface area (Å²) >= 11 is 7.99. The van der Waals surface area contributed by atoms with Crippen molar-refractivity contribution in [2.45, 2.75) is 46.5 Å². The summed E-state index contributed by atoms with van der Waals surface area (Å²) in [4.78, 5) is 0. The molecule has 0 saturated heterocycles. The van der Waals surface area contributed by atoms with Crippen LogP contribution >= 0.6 is 31.9 Å². The third-order valence-corrected chi connectivity index (χ3v) is 9.93. The monoisotopic (exact) mass is 592 g/mol. The molecule has 0 amide bonds. The van der Waals surface area contributed by atoms with Gasteiger partial charge in [-0.2, -0.15) is 0 Å². The van der Waals surface area contributed by atoms with Crippen molar-refractivity contribution in [1.29, 1.82) is 0 Å². The van der Waals surface area contributed by atoms with Crippen molar-refractivity contribution in [3.63, 3.8) is 0 Å². The van der Waals surface area contributed by atoms with Crippen LogP contribution in [0.4, 0.5) is 0 Å². The zero-order valence-electron chi connectivity index (χ0n) is 20.9. The van der Waals surface area contributed by atoms with Gasteiger partial charge in [0, 0.05) is 8.95 Å². The first-order valence-electron chi connectivity index (χ1n) is 13.0. The zero-order valence-corrected chi connectivity index (χ0v) is 24.1. The molecule has 0 spiro atoms. The number of benzene rings is 5. The predicted molar refractivity (Wildman–Crippen MR) is 163 cm³/mol. The molecule has 3 heteroatoms. The molecule has 0 saturated carbocycles. The smallest absolute Gasteiger partial charge is 0.0660 e. The van der Waals surface area contributed by atoms with Crippen molar-refractivity contribution < 1.29 is 0 Å². The number of aryl methyl sites for hydroxylation is 7. The van der Waals surface area contributed by atoms with Crippen LogP contribution in [0, 0.1) is 20.8 Å². The van der Waals surface area contributed by atoms with Crippen molar-refractivity contribution in [2.75, 3.05) is 0 Å². The minimum absolute atomic E-state index is 0.146. The summed E-state index contributed by atoms with van der Waals surface area (Å²) in [5, 5.41) is 5.73. The molecule has 0 aliphatic heterocycles. The van der Waals surface area contributed by atoms with Crippen molar-refractivity contribution in [2.24, 2.45) is 0 Å². The van der Waals surface area contributed by atoms with E-state index in [1.165, 1.54) is 85.8 Å². The Morgan fingerprint density at radius 1 is 0.528 bits per heavy atom. The highest BCUT2D eigenvalue weighted by Gasteiger charge is 2.32. The number of hydrogen-bond donors (Lipinski definition) is 0. The average Bonchev–Trinajstić information content (AvgIpc) is 3.46.